The Labute approximate surface area is 163 Å². The molecule has 1 saturated heterocycles. The van der Waals surface area contributed by atoms with Gasteiger partial charge >= 0.3 is 0 Å². The Morgan fingerprint density at radius 2 is 2.07 bits per heavy atom. The van der Waals surface area contributed by atoms with E-state index in [2.05, 4.69) is 15.3 Å². The van der Waals surface area contributed by atoms with Gasteiger partial charge in [0.1, 0.15) is 5.03 Å². The summed E-state index contributed by atoms with van der Waals surface area (Å²) >= 11 is 1.55. The van der Waals surface area contributed by atoms with E-state index in [0.29, 0.717) is 18.7 Å². The van der Waals surface area contributed by atoms with Gasteiger partial charge in [-0.15, -0.1) is 11.8 Å². The highest BCUT2D eigenvalue weighted by atomic mass is 32.2. The number of fused-ring (bicyclic) bond motifs is 1. The van der Waals surface area contributed by atoms with Crippen molar-refractivity contribution in [1.82, 2.24) is 20.2 Å². The first-order valence-electron chi connectivity index (χ1n) is 9.63. The molecule has 2 aromatic heterocycles. The van der Waals surface area contributed by atoms with Crippen LogP contribution in [-0.2, 0) is 9.59 Å². The lowest BCUT2D eigenvalue weighted by atomic mass is 9.98. The minimum absolute atomic E-state index is 0.0205. The number of thioether (sulfide) groups is 1. The molecular weight excluding hydrogens is 360 g/mol. The van der Waals surface area contributed by atoms with Crippen LogP contribution < -0.4 is 5.32 Å². The van der Waals surface area contributed by atoms with Gasteiger partial charge in [0.2, 0.25) is 11.8 Å². The molecule has 1 unspecified atom stereocenters. The second-order valence-electron chi connectivity index (χ2n) is 7.16. The van der Waals surface area contributed by atoms with E-state index in [9.17, 15) is 9.59 Å². The van der Waals surface area contributed by atoms with Crippen molar-refractivity contribution >= 4 is 34.5 Å². The summed E-state index contributed by atoms with van der Waals surface area (Å²) in [4.78, 5) is 36.0. The van der Waals surface area contributed by atoms with Crippen LogP contribution in [0.25, 0.3) is 10.9 Å². The van der Waals surface area contributed by atoms with E-state index in [1.165, 1.54) is 0 Å². The van der Waals surface area contributed by atoms with Crippen LogP contribution in [0.2, 0.25) is 0 Å². The van der Waals surface area contributed by atoms with E-state index in [-0.39, 0.29) is 23.8 Å². The molecule has 1 atom stereocenters. The van der Waals surface area contributed by atoms with Crippen molar-refractivity contribution in [2.45, 2.75) is 43.2 Å². The number of aromatic nitrogens is 2. The predicted molar refractivity (Wildman–Crippen MR) is 105 cm³/mol. The summed E-state index contributed by atoms with van der Waals surface area (Å²) in [6.07, 6.45) is 7.63. The van der Waals surface area contributed by atoms with Crippen LogP contribution in [-0.4, -0.2) is 51.6 Å². The average Bonchev–Trinajstić information content (AvgIpc) is 3.54. The lowest BCUT2D eigenvalue weighted by molar-refractivity contribution is -0.148. The molecule has 0 radical (unpaired) electrons. The van der Waals surface area contributed by atoms with E-state index in [4.69, 9.17) is 0 Å². The molecule has 0 bridgehead atoms. The number of nitrogens with zero attached hydrogens (tertiary/aromatic N) is 3. The number of pyridine rings is 2. The molecule has 0 aromatic carbocycles. The minimum Gasteiger partial charge on any atom is -0.316 e. The average molecular weight is 385 g/mol. The Balaban J connectivity index is 1.37. The largest absolute Gasteiger partial charge is 0.316 e. The Morgan fingerprint density at radius 3 is 2.85 bits per heavy atom. The van der Waals surface area contributed by atoms with E-state index in [1.54, 1.807) is 29.1 Å². The maximum Gasteiger partial charge on any atom is 0.233 e. The number of carbonyl (C=O) groups is 2. The molecule has 3 heterocycles. The fourth-order valence-electron chi connectivity index (χ4n) is 3.55. The molecule has 2 aromatic rings. The van der Waals surface area contributed by atoms with Crippen molar-refractivity contribution in [3.05, 3.63) is 30.6 Å². The predicted octanol–water partition coefficient (Wildman–Crippen LogP) is 2.63. The number of piperidine rings is 1. The lowest BCUT2D eigenvalue weighted by Crippen LogP contribution is -2.46. The molecule has 1 aliphatic heterocycles. The maximum atomic E-state index is 12.9. The van der Waals surface area contributed by atoms with Crippen molar-refractivity contribution in [3.63, 3.8) is 0 Å². The SMILES string of the molecule is O=C(CCSc1nccc2ncccc12)N(C(=O)C1CCCNC1)C1CC1. The summed E-state index contributed by atoms with van der Waals surface area (Å²) in [6, 6.07) is 5.90. The van der Waals surface area contributed by atoms with Crippen LogP contribution in [0.1, 0.15) is 32.1 Å². The Kier molecular flexibility index (Phi) is 5.69. The fraction of sp³-hybridized carbons (Fsp3) is 0.500. The van der Waals surface area contributed by atoms with Crippen LogP contribution in [0, 0.1) is 5.92 Å². The van der Waals surface area contributed by atoms with E-state index in [0.717, 1.165) is 48.2 Å². The van der Waals surface area contributed by atoms with Crippen LogP contribution in [0.3, 0.4) is 0 Å². The van der Waals surface area contributed by atoms with Crippen molar-refractivity contribution in [1.29, 1.82) is 0 Å². The van der Waals surface area contributed by atoms with E-state index in [1.807, 2.05) is 18.2 Å². The van der Waals surface area contributed by atoms with Gasteiger partial charge in [-0.2, -0.15) is 0 Å². The van der Waals surface area contributed by atoms with Crippen molar-refractivity contribution in [2.24, 2.45) is 5.92 Å². The van der Waals surface area contributed by atoms with Gasteiger partial charge < -0.3 is 5.32 Å². The number of amides is 2. The molecule has 6 nitrogen and oxygen atoms in total. The number of hydrogen-bond acceptors (Lipinski definition) is 6. The smallest absolute Gasteiger partial charge is 0.233 e. The normalized spacial score (nSPS) is 19.8. The summed E-state index contributed by atoms with van der Waals surface area (Å²) in [5, 5.41) is 5.16. The molecule has 0 spiro atoms. The standard InChI is InChI=1S/C20H24N4O2S/c25-18(24(15-5-6-15)20(26)14-3-1-9-21-13-14)8-12-27-19-16-4-2-10-22-17(16)7-11-23-19/h2,4,7,10-11,14-15,21H,1,3,5-6,8-9,12-13H2. The quantitative estimate of drug-likeness (QED) is 0.772. The maximum absolute atomic E-state index is 12.9. The number of carbonyl (C=O) groups excluding carboxylic acids is 2. The highest BCUT2D eigenvalue weighted by molar-refractivity contribution is 7.99. The molecule has 2 aliphatic rings. The minimum atomic E-state index is -0.0539. The lowest BCUT2D eigenvalue weighted by Gasteiger charge is -2.28. The molecule has 1 N–H and O–H groups in total. The topological polar surface area (TPSA) is 75.2 Å². The van der Waals surface area contributed by atoms with Crippen LogP contribution in [0.5, 0.6) is 0 Å². The van der Waals surface area contributed by atoms with Gasteiger partial charge in [-0.05, 0) is 50.4 Å². The highest BCUT2D eigenvalue weighted by Crippen LogP contribution is 2.31. The van der Waals surface area contributed by atoms with Crippen LogP contribution >= 0.6 is 11.8 Å². The molecular formula is C20H24N4O2S. The molecule has 7 heteroatoms. The van der Waals surface area contributed by atoms with Crippen molar-refractivity contribution in [2.75, 3.05) is 18.8 Å². The van der Waals surface area contributed by atoms with Gasteiger partial charge in [-0.3, -0.25) is 19.5 Å². The first-order valence-corrected chi connectivity index (χ1v) is 10.6. The first-order chi connectivity index (χ1) is 13.2. The second kappa shape index (κ2) is 8.35. The summed E-state index contributed by atoms with van der Waals surface area (Å²) in [5.41, 5.74) is 0.904. The zero-order valence-corrected chi connectivity index (χ0v) is 16.1. The number of imide groups is 1. The third-order valence-electron chi connectivity index (χ3n) is 5.11. The van der Waals surface area contributed by atoms with Gasteiger partial charge in [0.25, 0.3) is 0 Å². The summed E-state index contributed by atoms with van der Waals surface area (Å²) in [7, 11) is 0. The first kappa shape index (κ1) is 18.4. The molecule has 4 rings (SSSR count). The van der Waals surface area contributed by atoms with Gasteiger partial charge in [0.05, 0.1) is 11.4 Å². The fourth-order valence-corrected chi connectivity index (χ4v) is 4.48. The second-order valence-corrected chi connectivity index (χ2v) is 8.24. The molecule has 2 fully saturated rings. The van der Waals surface area contributed by atoms with Gasteiger partial charge in [0, 0.05) is 42.5 Å². The van der Waals surface area contributed by atoms with Gasteiger partial charge in [-0.1, -0.05) is 0 Å². The summed E-state index contributed by atoms with van der Waals surface area (Å²) in [5.74, 6) is 0.534. The Hall–Kier alpha value is -1.99. The zero-order chi connectivity index (χ0) is 18.6. The van der Waals surface area contributed by atoms with Gasteiger partial charge in [-0.25, -0.2) is 4.98 Å². The van der Waals surface area contributed by atoms with Gasteiger partial charge in [0.15, 0.2) is 0 Å². The molecule has 1 aliphatic carbocycles. The van der Waals surface area contributed by atoms with Crippen LogP contribution in [0.4, 0.5) is 0 Å². The zero-order valence-electron chi connectivity index (χ0n) is 15.3. The molecule has 2 amide bonds. The Bertz CT molecular complexity index is 828. The monoisotopic (exact) mass is 384 g/mol. The summed E-state index contributed by atoms with van der Waals surface area (Å²) in [6.45, 7) is 1.65. The third-order valence-corrected chi connectivity index (χ3v) is 6.12. The summed E-state index contributed by atoms with van der Waals surface area (Å²) < 4.78 is 0. The molecule has 27 heavy (non-hydrogen) atoms. The van der Waals surface area contributed by atoms with Crippen molar-refractivity contribution < 1.29 is 9.59 Å². The number of nitrogens with one attached hydrogen (secondary N) is 1. The third kappa shape index (κ3) is 4.30. The number of rotatable bonds is 6. The number of hydrogen-bond donors (Lipinski definition) is 1. The Morgan fingerprint density at radius 1 is 1.19 bits per heavy atom. The van der Waals surface area contributed by atoms with Crippen molar-refractivity contribution in [3.8, 4) is 0 Å². The molecule has 142 valence electrons. The van der Waals surface area contributed by atoms with Crippen LogP contribution in [0.15, 0.2) is 35.6 Å². The highest BCUT2D eigenvalue weighted by Gasteiger charge is 2.39. The van der Waals surface area contributed by atoms with E-state index < -0.39 is 0 Å². The van der Waals surface area contributed by atoms with E-state index >= 15 is 0 Å². The molecule has 1 saturated carbocycles.